The maximum Gasteiger partial charge on any atom is 0.263 e. The Morgan fingerprint density at radius 2 is 2.22 bits per heavy atom. The van der Waals surface area contributed by atoms with Gasteiger partial charge >= 0.3 is 0 Å². The molecule has 0 aliphatic carbocycles. The summed E-state index contributed by atoms with van der Waals surface area (Å²) < 4.78 is 12.6. The number of hydrogen-bond donors (Lipinski definition) is 1. The van der Waals surface area contributed by atoms with Crippen LogP contribution in [-0.4, -0.2) is 4.98 Å². The predicted molar refractivity (Wildman–Crippen MR) is 39.7 cm³/mol. The molecule has 9 heavy (non-hydrogen) atoms. The van der Waals surface area contributed by atoms with E-state index in [9.17, 15) is 9.18 Å². The highest BCUT2D eigenvalue weighted by Crippen LogP contribution is 1.95. The lowest BCUT2D eigenvalue weighted by molar-refractivity contribution is 0.578. The molecule has 0 bridgehead atoms. The van der Waals surface area contributed by atoms with Gasteiger partial charge in [0.25, 0.3) is 5.56 Å². The maximum absolute atomic E-state index is 12.1. The third kappa shape index (κ3) is 1.51. The summed E-state index contributed by atoms with van der Waals surface area (Å²) in [5.41, 5.74) is -0.379. The number of halogens is 2. The Hall–Kier alpha value is -0.390. The van der Waals surface area contributed by atoms with Crippen LogP contribution in [0.15, 0.2) is 16.9 Å². The molecule has 2 nitrogen and oxygen atoms in total. The summed E-state index contributed by atoms with van der Waals surface area (Å²) in [7, 11) is 0. The van der Waals surface area contributed by atoms with Crippen LogP contribution in [0.1, 0.15) is 0 Å². The van der Waals surface area contributed by atoms with Crippen LogP contribution in [0, 0.1) is 9.52 Å². The molecule has 0 unspecified atom stereocenters. The SMILES string of the molecule is O=c1[nH]c(F)ccc1I. The molecule has 0 saturated heterocycles. The van der Waals surface area contributed by atoms with E-state index < -0.39 is 5.95 Å². The third-order valence-electron chi connectivity index (χ3n) is 0.826. The number of pyridine rings is 1. The summed E-state index contributed by atoms with van der Waals surface area (Å²) in [4.78, 5) is 12.5. The van der Waals surface area contributed by atoms with Crippen LogP contribution in [0.5, 0.6) is 0 Å². The Labute approximate surface area is 64.2 Å². The lowest BCUT2D eigenvalue weighted by Gasteiger charge is -1.86. The van der Waals surface area contributed by atoms with E-state index in [1.807, 2.05) is 27.6 Å². The van der Waals surface area contributed by atoms with Gasteiger partial charge in [-0.05, 0) is 34.7 Å². The topological polar surface area (TPSA) is 32.9 Å². The minimum atomic E-state index is -0.597. The van der Waals surface area contributed by atoms with E-state index in [0.717, 1.165) is 0 Å². The molecular weight excluding hydrogens is 236 g/mol. The number of H-pyrrole nitrogens is 1. The van der Waals surface area contributed by atoms with Gasteiger partial charge in [0.15, 0.2) is 5.95 Å². The average Bonchev–Trinajstić information content (AvgIpc) is 1.80. The lowest BCUT2D eigenvalue weighted by atomic mass is 10.5. The molecule has 1 rings (SSSR count). The fraction of sp³-hybridized carbons (Fsp3) is 0. The van der Waals surface area contributed by atoms with Crippen LogP contribution >= 0.6 is 22.6 Å². The zero-order chi connectivity index (χ0) is 6.85. The smallest absolute Gasteiger partial charge is 0.263 e. The van der Waals surface area contributed by atoms with Crippen LogP contribution in [0.4, 0.5) is 4.39 Å². The summed E-state index contributed by atoms with van der Waals surface area (Å²) >= 11 is 1.83. The van der Waals surface area contributed by atoms with Gasteiger partial charge in [-0.25, -0.2) is 0 Å². The molecule has 0 radical (unpaired) electrons. The molecule has 0 spiro atoms. The van der Waals surface area contributed by atoms with Crippen LogP contribution in [0.25, 0.3) is 0 Å². The Bertz CT molecular complexity index is 270. The number of aromatic amines is 1. The van der Waals surface area contributed by atoms with Gasteiger partial charge in [0, 0.05) is 0 Å². The van der Waals surface area contributed by atoms with E-state index in [1.54, 1.807) is 0 Å². The van der Waals surface area contributed by atoms with Crippen molar-refractivity contribution in [2.75, 3.05) is 0 Å². The minimum absolute atomic E-state index is 0.379. The van der Waals surface area contributed by atoms with Crippen LogP contribution < -0.4 is 5.56 Å². The van der Waals surface area contributed by atoms with Gasteiger partial charge in [-0.2, -0.15) is 4.39 Å². The van der Waals surface area contributed by atoms with E-state index in [2.05, 4.69) is 0 Å². The summed E-state index contributed by atoms with van der Waals surface area (Å²) in [6.45, 7) is 0. The van der Waals surface area contributed by atoms with Crippen molar-refractivity contribution < 1.29 is 4.39 Å². The van der Waals surface area contributed by atoms with Crippen molar-refractivity contribution in [3.8, 4) is 0 Å². The van der Waals surface area contributed by atoms with Crippen molar-refractivity contribution >= 4 is 22.6 Å². The predicted octanol–water partition coefficient (Wildman–Crippen LogP) is 1.12. The third-order valence-corrected chi connectivity index (χ3v) is 1.68. The van der Waals surface area contributed by atoms with Crippen LogP contribution in [0.2, 0.25) is 0 Å². The van der Waals surface area contributed by atoms with E-state index >= 15 is 0 Å². The van der Waals surface area contributed by atoms with E-state index in [1.165, 1.54) is 12.1 Å². The molecule has 1 aromatic rings. The first-order chi connectivity index (χ1) is 4.20. The molecule has 0 aliphatic heterocycles. The first-order valence-electron chi connectivity index (χ1n) is 2.24. The van der Waals surface area contributed by atoms with Gasteiger partial charge in [-0.1, -0.05) is 0 Å². The first-order valence-corrected chi connectivity index (χ1v) is 3.32. The molecule has 1 N–H and O–H groups in total. The van der Waals surface area contributed by atoms with Crippen molar-refractivity contribution in [2.45, 2.75) is 0 Å². The highest BCUT2D eigenvalue weighted by molar-refractivity contribution is 14.1. The van der Waals surface area contributed by atoms with E-state index in [-0.39, 0.29) is 5.56 Å². The molecule has 4 heteroatoms. The van der Waals surface area contributed by atoms with Gasteiger partial charge in [-0.15, -0.1) is 0 Å². The van der Waals surface area contributed by atoms with Gasteiger partial charge in [0.05, 0.1) is 3.57 Å². The Balaban J connectivity index is 3.34. The molecule has 0 aromatic carbocycles. The number of nitrogens with one attached hydrogen (secondary N) is 1. The van der Waals surface area contributed by atoms with E-state index in [4.69, 9.17) is 0 Å². The molecular formula is C5H3FINO. The average molecular weight is 239 g/mol. The van der Waals surface area contributed by atoms with Crippen molar-refractivity contribution in [1.82, 2.24) is 4.98 Å². The van der Waals surface area contributed by atoms with Crippen LogP contribution in [-0.2, 0) is 0 Å². The number of hydrogen-bond acceptors (Lipinski definition) is 1. The lowest BCUT2D eigenvalue weighted by Crippen LogP contribution is -2.09. The quantitative estimate of drug-likeness (QED) is 0.534. The Kier molecular flexibility index (Phi) is 1.84. The standard InChI is InChI=1S/C5H3FINO/c6-4-2-1-3(7)5(9)8-4/h1-2H,(H,8,9). The Morgan fingerprint density at radius 1 is 1.56 bits per heavy atom. The zero-order valence-electron chi connectivity index (χ0n) is 4.32. The van der Waals surface area contributed by atoms with Gasteiger partial charge in [-0.3, -0.25) is 9.78 Å². The maximum atomic E-state index is 12.1. The highest BCUT2D eigenvalue weighted by atomic mass is 127. The van der Waals surface area contributed by atoms with Gasteiger partial charge in [0.2, 0.25) is 0 Å². The normalized spacial score (nSPS) is 9.56. The minimum Gasteiger partial charge on any atom is -0.298 e. The molecule has 48 valence electrons. The van der Waals surface area contributed by atoms with Gasteiger partial charge < -0.3 is 0 Å². The second-order valence-electron chi connectivity index (χ2n) is 1.48. The second-order valence-corrected chi connectivity index (χ2v) is 2.65. The molecule has 0 fully saturated rings. The van der Waals surface area contributed by atoms with Crippen molar-refractivity contribution in [3.05, 3.63) is 32.0 Å². The highest BCUT2D eigenvalue weighted by Gasteiger charge is 1.93. The van der Waals surface area contributed by atoms with E-state index in [0.29, 0.717) is 3.57 Å². The fourth-order valence-corrected chi connectivity index (χ4v) is 0.746. The largest absolute Gasteiger partial charge is 0.298 e. The summed E-state index contributed by atoms with van der Waals surface area (Å²) in [5.74, 6) is -0.597. The molecule has 0 amide bonds. The summed E-state index contributed by atoms with van der Waals surface area (Å²) in [6.07, 6.45) is 0. The molecule has 0 saturated carbocycles. The molecule has 0 aliphatic rings. The number of rotatable bonds is 0. The zero-order valence-corrected chi connectivity index (χ0v) is 6.48. The number of aromatic nitrogens is 1. The summed E-state index contributed by atoms with van der Waals surface area (Å²) in [6, 6.07) is 2.64. The Morgan fingerprint density at radius 3 is 2.67 bits per heavy atom. The second kappa shape index (κ2) is 2.47. The van der Waals surface area contributed by atoms with Crippen LogP contribution in [0.3, 0.4) is 0 Å². The van der Waals surface area contributed by atoms with Gasteiger partial charge in [0.1, 0.15) is 0 Å². The van der Waals surface area contributed by atoms with Crippen molar-refractivity contribution in [2.24, 2.45) is 0 Å². The van der Waals surface area contributed by atoms with Crippen molar-refractivity contribution in [3.63, 3.8) is 0 Å². The molecule has 0 atom stereocenters. The van der Waals surface area contributed by atoms with Crippen molar-refractivity contribution in [1.29, 1.82) is 0 Å². The summed E-state index contributed by atoms with van der Waals surface area (Å²) in [5, 5.41) is 0. The molecule has 1 aromatic heterocycles. The molecule has 1 heterocycles. The first kappa shape index (κ1) is 6.73. The monoisotopic (exact) mass is 239 g/mol. The fourth-order valence-electron chi connectivity index (χ4n) is 0.432.